The Balaban J connectivity index is 0.000000235. The Hall–Kier alpha value is 0.531. The van der Waals surface area contributed by atoms with Crippen molar-refractivity contribution in [3.8, 4) is 0 Å². The molecule has 6 heteroatoms. The third kappa shape index (κ3) is 5.28. The summed E-state index contributed by atoms with van der Waals surface area (Å²) in [6.07, 6.45) is 2.08. The molecule has 21 heavy (non-hydrogen) atoms. The molecule has 2 aliphatic heterocycles. The molecule has 2 heterocycles. The average molecular weight is 349 g/mol. The van der Waals surface area contributed by atoms with Crippen molar-refractivity contribution in [3.63, 3.8) is 0 Å². The highest BCUT2D eigenvalue weighted by Gasteiger charge is 2.57. The van der Waals surface area contributed by atoms with Crippen molar-refractivity contribution in [1.82, 2.24) is 0 Å². The molecule has 0 bridgehead atoms. The molecular weight excluding hydrogens is 312 g/mol. The highest BCUT2D eigenvalue weighted by Crippen LogP contribution is 2.38. The van der Waals surface area contributed by atoms with E-state index >= 15 is 0 Å². The van der Waals surface area contributed by atoms with Gasteiger partial charge in [-0.3, -0.25) is 0 Å². The maximum atomic E-state index is 6.26. The molecule has 2 saturated heterocycles. The number of hydrogen-bond donors (Lipinski definition) is 0. The van der Waals surface area contributed by atoms with E-state index in [9.17, 15) is 0 Å². The zero-order valence-electron chi connectivity index (χ0n) is 15.4. The van der Waals surface area contributed by atoms with Crippen LogP contribution in [-0.4, -0.2) is 54.6 Å². The van der Waals surface area contributed by atoms with Crippen molar-refractivity contribution >= 4 is 22.5 Å². The van der Waals surface area contributed by atoms with Crippen LogP contribution in [-0.2, 0) is 13.9 Å². The number of ether oxygens (including phenoxy) is 2. The van der Waals surface area contributed by atoms with Crippen molar-refractivity contribution in [2.75, 3.05) is 19.8 Å². The van der Waals surface area contributed by atoms with Gasteiger partial charge in [0.1, 0.15) is 6.10 Å². The number of hydrogen-bond acceptors (Lipinski definition) is 3. The highest BCUT2D eigenvalue weighted by atomic mass is 29.6. The van der Waals surface area contributed by atoms with Crippen LogP contribution in [0.5, 0.6) is 0 Å². The summed E-state index contributed by atoms with van der Waals surface area (Å²) in [4.78, 5) is 0. The van der Waals surface area contributed by atoms with Crippen molar-refractivity contribution in [2.24, 2.45) is 0 Å². The molecule has 0 aromatic heterocycles. The van der Waals surface area contributed by atoms with Crippen molar-refractivity contribution in [1.29, 1.82) is 0 Å². The highest BCUT2D eigenvalue weighted by molar-refractivity contribution is 7.67. The Morgan fingerprint density at radius 1 is 1.10 bits per heavy atom. The minimum Gasteiger partial charge on any atom is -0.418 e. The third-order valence-corrected chi connectivity index (χ3v) is 46.2. The smallest absolute Gasteiger partial charge is 0.171 e. The van der Waals surface area contributed by atoms with Crippen molar-refractivity contribution < 1.29 is 13.9 Å². The third-order valence-electron chi connectivity index (χ3n) is 5.55. The van der Waals surface area contributed by atoms with E-state index in [0.29, 0.717) is 12.2 Å². The lowest BCUT2D eigenvalue weighted by Gasteiger charge is -2.54. The van der Waals surface area contributed by atoms with Crippen LogP contribution in [0.2, 0.25) is 45.3 Å². The van der Waals surface area contributed by atoms with Gasteiger partial charge in [-0.2, -0.15) is 0 Å². The maximum absolute atomic E-state index is 6.26. The minimum absolute atomic E-state index is 0.432. The lowest BCUT2D eigenvalue weighted by molar-refractivity contribution is 0.117. The molecule has 3 nitrogen and oxygen atoms in total. The normalized spacial score (nSPS) is 32.0. The molecule has 0 spiro atoms. The van der Waals surface area contributed by atoms with Crippen LogP contribution in [0.15, 0.2) is 0 Å². The quantitative estimate of drug-likeness (QED) is 0.437. The molecular formula is C15H36O3Si3. The van der Waals surface area contributed by atoms with Gasteiger partial charge in [-0.1, -0.05) is 33.1 Å². The molecule has 0 N–H and O–H groups in total. The standard InChI is InChI=1S/C9H24OSi3.C6H12O2/c1-9-8-11(2,3)13(6,7)12(4,5)10-9;1-2-3-7-4-6-5-8-6/h9H,8H2,1-7H3;6H,2-5H2,1H3. The molecule has 0 amide bonds. The molecule has 0 radical (unpaired) electrons. The van der Waals surface area contributed by atoms with Crippen LogP contribution in [0.25, 0.3) is 0 Å². The Kier molecular flexibility index (Phi) is 6.90. The van der Waals surface area contributed by atoms with Gasteiger partial charge in [0.2, 0.25) is 0 Å². The van der Waals surface area contributed by atoms with Crippen LogP contribution < -0.4 is 0 Å². The molecule has 0 aromatic rings. The largest absolute Gasteiger partial charge is 0.418 e. The summed E-state index contributed by atoms with van der Waals surface area (Å²) in [6.45, 7) is 22.2. The number of rotatable bonds is 4. The zero-order valence-corrected chi connectivity index (χ0v) is 18.4. The first-order valence-electron chi connectivity index (χ1n) is 8.40. The number of epoxide rings is 1. The van der Waals surface area contributed by atoms with Crippen LogP contribution in [0, 0.1) is 0 Å². The van der Waals surface area contributed by atoms with Gasteiger partial charge in [-0.15, -0.1) is 0 Å². The fourth-order valence-corrected chi connectivity index (χ4v) is 33.1. The fourth-order valence-electron chi connectivity index (χ4n) is 3.00. The summed E-state index contributed by atoms with van der Waals surface area (Å²) >= 11 is 0. The van der Waals surface area contributed by atoms with Crippen molar-refractivity contribution in [3.05, 3.63) is 0 Å². The summed E-state index contributed by atoms with van der Waals surface area (Å²) in [5.41, 5.74) is 0. The summed E-state index contributed by atoms with van der Waals surface area (Å²) < 4.78 is 16.4. The van der Waals surface area contributed by atoms with Crippen LogP contribution in [0.4, 0.5) is 0 Å². The molecule has 2 unspecified atom stereocenters. The molecule has 2 atom stereocenters. The molecule has 126 valence electrons. The second kappa shape index (κ2) is 7.40. The Bertz CT molecular complexity index is 308. The molecule has 2 rings (SSSR count). The zero-order chi connectivity index (χ0) is 16.3. The molecule has 2 aliphatic rings. The Morgan fingerprint density at radius 2 is 1.67 bits per heavy atom. The van der Waals surface area contributed by atoms with E-state index < -0.39 is 22.5 Å². The van der Waals surface area contributed by atoms with E-state index in [0.717, 1.165) is 26.2 Å². The first-order valence-corrected chi connectivity index (χ1v) is 19.5. The van der Waals surface area contributed by atoms with E-state index in [1.165, 1.54) is 6.04 Å². The van der Waals surface area contributed by atoms with Crippen LogP contribution in [0.3, 0.4) is 0 Å². The Labute approximate surface area is 134 Å². The van der Waals surface area contributed by atoms with Gasteiger partial charge in [0, 0.05) is 20.3 Å². The van der Waals surface area contributed by atoms with E-state index in [4.69, 9.17) is 13.9 Å². The molecule has 2 fully saturated rings. The minimum atomic E-state index is -1.32. The monoisotopic (exact) mass is 348 g/mol. The van der Waals surface area contributed by atoms with Gasteiger partial charge >= 0.3 is 0 Å². The SMILES string of the molecule is CC1C[Si](C)(C)[Si](C)(C)[Si](C)(C)O1.CCCOCC1CO1. The predicted molar refractivity (Wildman–Crippen MR) is 98.7 cm³/mol. The van der Waals surface area contributed by atoms with E-state index in [1.54, 1.807) is 0 Å². The van der Waals surface area contributed by atoms with Crippen LogP contribution >= 0.6 is 0 Å². The second-order valence-electron chi connectivity index (χ2n) is 8.18. The van der Waals surface area contributed by atoms with Crippen LogP contribution in [0.1, 0.15) is 20.3 Å². The summed E-state index contributed by atoms with van der Waals surface area (Å²) in [7, 11) is -3.29. The molecule has 0 saturated carbocycles. The van der Waals surface area contributed by atoms with Gasteiger partial charge in [-0.05, 0) is 32.5 Å². The first-order chi connectivity index (χ1) is 9.53. The first kappa shape index (κ1) is 19.6. The topological polar surface area (TPSA) is 31.0 Å². The van der Waals surface area contributed by atoms with E-state index in [2.05, 4.69) is 53.1 Å². The van der Waals surface area contributed by atoms with Gasteiger partial charge in [0.15, 0.2) is 7.83 Å². The van der Waals surface area contributed by atoms with Gasteiger partial charge in [-0.25, -0.2) is 0 Å². The predicted octanol–water partition coefficient (Wildman–Crippen LogP) is 4.00. The summed E-state index contributed by atoms with van der Waals surface area (Å²) in [5, 5.41) is 0. The Morgan fingerprint density at radius 3 is 2.10 bits per heavy atom. The van der Waals surface area contributed by atoms with E-state index in [-0.39, 0.29) is 0 Å². The summed E-state index contributed by atoms with van der Waals surface area (Å²) in [5.74, 6) is 0. The average Bonchev–Trinajstić information content (AvgIpc) is 3.10. The lowest BCUT2D eigenvalue weighted by Crippen LogP contribution is -2.75. The summed E-state index contributed by atoms with van der Waals surface area (Å²) in [6, 6.07) is 1.39. The fraction of sp³-hybridized carbons (Fsp3) is 1.00. The molecule has 0 aromatic carbocycles. The van der Waals surface area contributed by atoms with Gasteiger partial charge < -0.3 is 13.9 Å². The lowest BCUT2D eigenvalue weighted by atomic mass is 10.5. The van der Waals surface area contributed by atoms with Gasteiger partial charge in [0.05, 0.1) is 20.3 Å². The van der Waals surface area contributed by atoms with E-state index in [1.807, 2.05) is 0 Å². The van der Waals surface area contributed by atoms with Gasteiger partial charge in [0.25, 0.3) is 0 Å². The maximum Gasteiger partial charge on any atom is 0.171 e. The second-order valence-corrected chi connectivity index (χ2v) is 35.5. The van der Waals surface area contributed by atoms with Crippen molar-refractivity contribution in [2.45, 2.75) is 77.8 Å². The molecule has 0 aliphatic carbocycles.